The van der Waals surface area contributed by atoms with Crippen LogP contribution in [-0.2, 0) is 19.1 Å². The topological polar surface area (TPSA) is 0 Å². The first-order valence-electron chi connectivity index (χ1n) is 5.81. The van der Waals surface area contributed by atoms with Crippen LogP contribution in [0, 0.1) is 0 Å². The first-order chi connectivity index (χ1) is 8.52. The maximum absolute atomic E-state index is 4.70. The normalized spacial score (nSPS) is 11.6. The van der Waals surface area contributed by atoms with Gasteiger partial charge in [-0.2, -0.15) is 0 Å². The fraction of sp³-hybridized carbons (Fsp3) is 0.538. The van der Waals surface area contributed by atoms with E-state index in [9.17, 15) is 0 Å². The molecule has 0 bridgehead atoms. The second-order valence-corrected chi connectivity index (χ2v) is 10.3. The molecule has 0 aromatic carbocycles. The Hall–Kier alpha value is 0.944. The summed E-state index contributed by atoms with van der Waals surface area (Å²) in [6.07, 6.45) is 3.47. The Kier molecular flexibility index (Phi) is 12.4. The summed E-state index contributed by atoms with van der Waals surface area (Å²) in [5.74, 6) is 2.46. The van der Waals surface area contributed by atoms with E-state index in [0.29, 0.717) is 12.7 Å². The van der Waals surface area contributed by atoms with Gasteiger partial charge in [-0.05, 0) is 22.8 Å². The number of hydrogen-bond acceptors (Lipinski definition) is 1. The predicted molar refractivity (Wildman–Crippen MR) is 86.1 cm³/mol. The van der Waals surface area contributed by atoms with Gasteiger partial charge < -0.3 is 0 Å². The van der Waals surface area contributed by atoms with Crippen molar-refractivity contribution >= 4 is 39.6 Å². The molecule has 0 unspecified atom stereocenters. The Morgan fingerprint density at radius 2 is 1.83 bits per heavy atom. The first kappa shape index (κ1) is 18.9. The van der Waals surface area contributed by atoms with E-state index < -0.39 is 0 Å². The molecule has 0 saturated carbocycles. The Labute approximate surface area is 131 Å². The summed E-state index contributed by atoms with van der Waals surface area (Å²) in [6, 6.07) is 4.34. The van der Waals surface area contributed by atoms with Crippen LogP contribution in [0.3, 0.4) is 0 Å². The van der Waals surface area contributed by atoms with Crippen molar-refractivity contribution in [3.63, 3.8) is 0 Å². The van der Waals surface area contributed by atoms with Gasteiger partial charge in [-0.3, -0.25) is 0 Å². The quantitative estimate of drug-likeness (QED) is 0.411. The molecule has 0 nitrogen and oxygen atoms in total. The van der Waals surface area contributed by atoms with Gasteiger partial charge in [-0.25, -0.2) is 0 Å². The number of thiophene rings is 1. The van der Waals surface area contributed by atoms with E-state index in [0.717, 1.165) is 17.7 Å². The van der Waals surface area contributed by atoms with Crippen LogP contribution >= 0.6 is 39.6 Å². The van der Waals surface area contributed by atoms with Crippen LogP contribution in [0.25, 0.3) is 0 Å². The fourth-order valence-electron chi connectivity index (χ4n) is 1.66. The zero-order valence-corrected chi connectivity index (χ0v) is 15.4. The molecule has 0 aliphatic heterocycles. The molecule has 0 aliphatic rings. The first-order valence-corrected chi connectivity index (χ1v) is 11.0. The molecule has 0 spiro atoms. The molecule has 1 rings (SSSR count). The third kappa shape index (κ3) is 8.94. The molecule has 1 heterocycles. The van der Waals surface area contributed by atoms with Crippen LogP contribution in [0.5, 0.6) is 0 Å². The van der Waals surface area contributed by atoms with Crippen molar-refractivity contribution in [1.29, 1.82) is 0 Å². The van der Waals surface area contributed by atoms with Gasteiger partial charge >= 0.3 is 33.0 Å². The third-order valence-corrected chi connectivity index (χ3v) is 6.21. The molecule has 0 aliphatic carbocycles. The van der Waals surface area contributed by atoms with Crippen molar-refractivity contribution in [3.05, 3.63) is 34.3 Å². The molecule has 18 heavy (non-hydrogen) atoms. The minimum atomic E-state index is 0.0636. The Morgan fingerprint density at radius 3 is 2.22 bits per heavy atom. The molecule has 0 saturated heterocycles. The summed E-state index contributed by atoms with van der Waals surface area (Å²) in [6.45, 7) is 9.34. The van der Waals surface area contributed by atoms with Gasteiger partial charge in [0.2, 0.25) is 0 Å². The molecule has 0 atom stereocenters. The van der Waals surface area contributed by atoms with Crippen molar-refractivity contribution in [2.24, 2.45) is 0 Å². The van der Waals surface area contributed by atoms with E-state index in [1.807, 2.05) is 11.3 Å². The van der Waals surface area contributed by atoms with Crippen molar-refractivity contribution in [2.75, 3.05) is 0 Å². The van der Waals surface area contributed by atoms with E-state index in [4.69, 9.17) is 20.4 Å². The van der Waals surface area contributed by atoms with Gasteiger partial charge in [-0.15, -0.1) is 11.3 Å². The summed E-state index contributed by atoms with van der Waals surface area (Å²) in [4.78, 5) is 1.47. The molecule has 0 amide bonds. The standard InChI is InChI=1S/C13H21PS.2ClH.Ni/c1-11(2)14(12(3)4)9-5-7-13-8-6-10-15-13;;;/h5-6,8-12H,7H2,1-4H3;2*1H;/q;;;+2/p-2. The summed E-state index contributed by atoms with van der Waals surface area (Å²) in [5, 5.41) is 2.15. The van der Waals surface area contributed by atoms with Crippen molar-refractivity contribution in [3.8, 4) is 0 Å². The van der Waals surface area contributed by atoms with Gasteiger partial charge in [-0.1, -0.05) is 53.6 Å². The molecule has 108 valence electrons. The van der Waals surface area contributed by atoms with E-state index in [1.165, 1.54) is 4.88 Å². The second-order valence-electron chi connectivity index (χ2n) is 4.35. The molecule has 0 N–H and O–H groups in total. The van der Waals surface area contributed by atoms with Gasteiger partial charge in [0, 0.05) is 11.3 Å². The van der Waals surface area contributed by atoms with Gasteiger partial charge in [0.05, 0.1) is 0 Å². The zero-order valence-electron chi connectivity index (χ0n) is 11.2. The second kappa shape index (κ2) is 11.7. The molecule has 1 aromatic heterocycles. The van der Waals surface area contributed by atoms with E-state index >= 15 is 0 Å². The monoisotopic (exact) mass is 368 g/mol. The summed E-state index contributed by atoms with van der Waals surface area (Å²) >= 11 is 2.42. The molecule has 0 fully saturated rings. The Bertz CT molecular complexity index is 305. The summed E-state index contributed by atoms with van der Waals surface area (Å²) < 4.78 is 0. The SMILES string of the molecule is CC(C)P(C=CCc1cccs1)C(C)C.[Cl][Ni][Cl]. The van der Waals surface area contributed by atoms with Crippen LogP contribution in [0.15, 0.2) is 29.4 Å². The summed E-state index contributed by atoms with van der Waals surface area (Å²) in [7, 11) is 9.47. The number of hydrogen-bond donors (Lipinski definition) is 0. The number of allylic oxidation sites excluding steroid dienone is 1. The predicted octanol–water partition coefficient (Wildman–Crippen LogP) is 6.48. The third-order valence-electron chi connectivity index (χ3n) is 2.37. The number of rotatable bonds is 5. The van der Waals surface area contributed by atoms with Gasteiger partial charge in [0.15, 0.2) is 0 Å². The summed E-state index contributed by atoms with van der Waals surface area (Å²) in [5.41, 5.74) is 1.61. The molecular weight excluding hydrogens is 349 g/mol. The Morgan fingerprint density at radius 1 is 1.28 bits per heavy atom. The van der Waals surface area contributed by atoms with Crippen LogP contribution in [0.2, 0.25) is 0 Å². The van der Waals surface area contributed by atoms with Crippen LogP contribution in [-0.4, -0.2) is 11.3 Å². The van der Waals surface area contributed by atoms with Gasteiger partial charge in [0.25, 0.3) is 0 Å². The average molecular weight is 370 g/mol. The van der Waals surface area contributed by atoms with Crippen LogP contribution < -0.4 is 0 Å². The molecule has 1 aromatic rings. The van der Waals surface area contributed by atoms with E-state index in [1.54, 1.807) is 0 Å². The fourth-order valence-corrected chi connectivity index (χ4v) is 4.57. The maximum atomic E-state index is 4.70. The van der Waals surface area contributed by atoms with E-state index in [2.05, 4.69) is 57.1 Å². The zero-order chi connectivity index (χ0) is 14.0. The van der Waals surface area contributed by atoms with Crippen LogP contribution in [0.1, 0.15) is 32.6 Å². The average Bonchev–Trinajstić information content (AvgIpc) is 2.77. The van der Waals surface area contributed by atoms with E-state index in [-0.39, 0.29) is 7.92 Å². The Balaban J connectivity index is 0.000000873. The van der Waals surface area contributed by atoms with Crippen molar-refractivity contribution < 1.29 is 12.7 Å². The minimum absolute atomic E-state index is 0.0636. The van der Waals surface area contributed by atoms with Gasteiger partial charge in [0.1, 0.15) is 0 Å². The molecular formula is C13H21Cl2NiPS. The van der Waals surface area contributed by atoms with Crippen molar-refractivity contribution in [2.45, 2.75) is 45.4 Å². The molecule has 5 heteroatoms. The molecule has 0 radical (unpaired) electrons. The van der Waals surface area contributed by atoms with Crippen LogP contribution in [0.4, 0.5) is 0 Å². The number of halogens is 2. The van der Waals surface area contributed by atoms with Crippen molar-refractivity contribution in [1.82, 2.24) is 0 Å².